The van der Waals surface area contributed by atoms with Gasteiger partial charge in [0.2, 0.25) is 5.91 Å². The minimum Gasteiger partial charge on any atom is -0.352 e. The van der Waals surface area contributed by atoms with Crippen molar-refractivity contribution < 1.29 is 4.79 Å². The van der Waals surface area contributed by atoms with Crippen LogP contribution in [-0.2, 0) is 4.79 Å². The first-order valence-corrected chi connectivity index (χ1v) is 7.53. The van der Waals surface area contributed by atoms with E-state index < -0.39 is 0 Å². The van der Waals surface area contributed by atoms with Gasteiger partial charge in [-0.05, 0) is 45.2 Å². The van der Waals surface area contributed by atoms with Gasteiger partial charge in [-0.25, -0.2) is 0 Å². The van der Waals surface area contributed by atoms with E-state index in [2.05, 4.69) is 30.7 Å². The molecule has 0 saturated heterocycles. The molecule has 2 unspecified atom stereocenters. The first-order valence-electron chi connectivity index (χ1n) is 6.14. The van der Waals surface area contributed by atoms with Gasteiger partial charge >= 0.3 is 0 Å². The lowest BCUT2D eigenvalue weighted by Crippen LogP contribution is -2.45. The molecular formula is C12H26N2OS. The lowest BCUT2D eigenvalue weighted by atomic mass is 10.2. The zero-order chi connectivity index (χ0) is 12.4. The van der Waals surface area contributed by atoms with Gasteiger partial charge < -0.3 is 10.6 Å². The van der Waals surface area contributed by atoms with Gasteiger partial charge in [0.05, 0.1) is 6.04 Å². The molecule has 0 radical (unpaired) electrons. The molecule has 0 aromatic heterocycles. The maximum absolute atomic E-state index is 11.7. The van der Waals surface area contributed by atoms with Crippen molar-refractivity contribution >= 4 is 17.7 Å². The average Bonchev–Trinajstić information content (AvgIpc) is 2.24. The number of nitrogens with one attached hydrogen (secondary N) is 2. The summed E-state index contributed by atoms with van der Waals surface area (Å²) >= 11 is 1.84. The normalized spacial score (nSPS) is 14.5. The molecule has 0 aromatic rings. The Bertz CT molecular complexity index is 188. The minimum atomic E-state index is -0.0823. The number of amides is 1. The second kappa shape index (κ2) is 9.97. The van der Waals surface area contributed by atoms with E-state index in [0.29, 0.717) is 0 Å². The van der Waals surface area contributed by atoms with Crippen molar-refractivity contribution in [1.29, 1.82) is 0 Å². The van der Waals surface area contributed by atoms with Gasteiger partial charge in [-0.15, -0.1) is 0 Å². The third-order valence-corrected chi connectivity index (χ3v) is 3.18. The molecule has 0 saturated carbocycles. The van der Waals surface area contributed by atoms with E-state index in [1.165, 1.54) is 0 Å². The topological polar surface area (TPSA) is 41.1 Å². The standard InChI is InChI=1S/C12H26N2OS/c1-5-7-10(2)14-12(15)11(3)13-8-6-9-16-4/h10-11,13H,5-9H2,1-4H3,(H,14,15). The molecule has 0 aliphatic carbocycles. The molecule has 0 bridgehead atoms. The Kier molecular flexibility index (Phi) is 9.83. The Balaban J connectivity index is 3.64. The highest BCUT2D eigenvalue weighted by Gasteiger charge is 2.13. The fourth-order valence-electron chi connectivity index (χ4n) is 1.50. The van der Waals surface area contributed by atoms with Crippen LogP contribution in [0.1, 0.15) is 40.0 Å². The summed E-state index contributed by atoms with van der Waals surface area (Å²) in [6.07, 6.45) is 5.37. The van der Waals surface area contributed by atoms with Crippen molar-refractivity contribution in [3.63, 3.8) is 0 Å². The summed E-state index contributed by atoms with van der Waals surface area (Å²) in [5.41, 5.74) is 0. The molecular weight excluding hydrogens is 220 g/mol. The summed E-state index contributed by atoms with van der Waals surface area (Å²) in [5.74, 6) is 1.26. The van der Waals surface area contributed by atoms with Crippen LogP contribution in [0.15, 0.2) is 0 Å². The quantitative estimate of drug-likeness (QED) is 0.612. The summed E-state index contributed by atoms with van der Waals surface area (Å²) in [5, 5.41) is 6.25. The van der Waals surface area contributed by atoms with Crippen molar-refractivity contribution in [2.45, 2.75) is 52.1 Å². The van der Waals surface area contributed by atoms with E-state index in [1.807, 2.05) is 18.7 Å². The Hall–Kier alpha value is -0.220. The predicted molar refractivity (Wildman–Crippen MR) is 73.0 cm³/mol. The number of rotatable bonds is 9. The first-order chi connectivity index (χ1) is 7.61. The van der Waals surface area contributed by atoms with Gasteiger partial charge in [0.15, 0.2) is 0 Å². The smallest absolute Gasteiger partial charge is 0.237 e. The van der Waals surface area contributed by atoms with Gasteiger partial charge in [0.25, 0.3) is 0 Å². The largest absolute Gasteiger partial charge is 0.352 e. The number of carbonyl (C=O) groups is 1. The van der Waals surface area contributed by atoms with Crippen LogP contribution in [0.5, 0.6) is 0 Å². The fourth-order valence-corrected chi connectivity index (χ4v) is 1.93. The monoisotopic (exact) mass is 246 g/mol. The fraction of sp³-hybridized carbons (Fsp3) is 0.917. The third kappa shape index (κ3) is 7.99. The van der Waals surface area contributed by atoms with Crippen molar-refractivity contribution in [1.82, 2.24) is 10.6 Å². The Morgan fingerprint density at radius 1 is 1.38 bits per heavy atom. The van der Waals surface area contributed by atoms with Crippen LogP contribution in [0.3, 0.4) is 0 Å². The molecule has 0 fully saturated rings. The van der Waals surface area contributed by atoms with Crippen molar-refractivity contribution in [2.24, 2.45) is 0 Å². The van der Waals surface area contributed by atoms with Crippen molar-refractivity contribution in [2.75, 3.05) is 18.6 Å². The number of hydrogen-bond acceptors (Lipinski definition) is 3. The van der Waals surface area contributed by atoms with Crippen molar-refractivity contribution in [3.8, 4) is 0 Å². The van der Waals surface area contributed by atoms with Gasteiger partial charge in [-0.3, -0.25) is 4.79 Å². The molecule has 4 heteroatoms. The van der Waals surface area contributed by atoms with Gasteiger partial charge in [-0.1, -0.05) is 13.3 Å². The van der Waals surface area contributed by atoms with Crippen LogP contribution < -0.4 is 10.6 Å². The molecule has 3 nitrogen and oxygen atoms in total. The first kappa shape index (κ1) is 15.8. The summed E-state index contributed by atoms with van der Waals surface area (Å²) in [6, 6.07) is 0.203. The van der Waals surface area contributed by atoms with Crippen molar-refractivity contribution in [3.05, 3.63) is 0 Å². The maximum Gasteiger partial charge on any atom is 0.237 e. The Labute approximate surface area is 104 Å². The lowest BCUT2D eigenvalue weighted by Gasteiger charge is -2.18. The highest BCUT2D eigenvalue weighted by Crippen LogP contribution is 1.97. The second-order valence-electron chi connectivity index (χ2n) is 4.22. The molecule has 0 aliphatic heterocycles. The molecule has 2 atom stereocenters. The molecule has 0 aliphatic rings. The summed E-state index contributed by atoms with van der Waals surface area (Å²) < 4.78 is 0. The molecule has 96 valence electrons. The van der Waals surface area contributed by atoms with Gasteiger partial charge in [-0.2, -0.15) is 11.8 Å². The predicted octanol–water partition coefficient (Wildman–Crippen LogP) is 2.02. The number of carbonyl (C=O) groups excluding carboxylic acids is 1. The summed E-state index contributed by atoms with van der Waals surface area (Å²) in [7, 11) is 0. The van der Waals surface area contributed by atoms with E-state index >= 15 is 0 Å². The summed E-state index contributed by atoms with van der Waals surface area (Å²) in [4.78, 5) is 11.7. The average molecular weight is 246 g/mol. The Morgan fingerprint density at radius 3 is 2.62 bits per heavy atom. The molecule has 2 N–H and O–H groups in total. The molecule has 0 heterocycles. The van der Waals surface area contributed by atoms with Crippen LogP contribution in [0.4, 0.5) is 0 Å². The lowest BCUT2D eigenvalue weighted by molar-refractivity contribution is -0.123. The van der Waals surface area contributed by atoms with Crippen LogP contribution in [0, 0.1) is 0 Å². The zero-order valence-corrected chi connectivity index (χ0v) is 11.8. The van der Waals surface area contributed by atoms with Crippen LogP contribution in [0.25, 0.3) is 0 Å². The molecule has 0 aromatic carbocycles. The van der Waals surface area contributed by atoms with E-state index in [9.17, 15) is 4.79 Å². The number of thioether (sulfide) groups is 1. The van der Waals surface area contributed by atoms with E-state index in [-0.39, 0.29) is 18.0 Å². The maximum atomic E-state index is 11.7. The molecule has 0 spiro atoms. The van der Waals surface area contributed by atoms with Crippen LogP contribution in [-0.4, -0.2) is 36.5 Å². The van der Waals surface area contributed by atoms with E-state index in [1.54, 1.807) is 0 Å². The van der Waals surface area contributed by atoms with E-state index in [0.717, 1.165) is 31.6 Å². The molecule has 0 rings (SSSR count). The zero-order valence-electron chi connectivity index (χ0n) is 11.0. The van der Waals surface area contributed by atoms with Crippen LogP contribution >= 0.6 is 11.8 Å². The van der Waals surface area contributed by atoms with Gasteiger partial charge in [0.1, 0.15) is 0 Å². The SMILES string of the molecule is CCCC(C)NC(=O)C(C)NCCCSC. The minimum absolute atomic E-state index is 0.0823. The third-order valence-electron chi connectivity index (χ3n) is 2.48. The molecule has 16 heavy (non-hydrogen) atoms. The van der Waals surface area contributed by atoms with Gasteiger partial charge in [0, 0.05) is 6.04 Å². The van der Waals surface area contributed by atoms with Crippen LogP contribution in [0.2, 0.25) is 0 Å². The van der Waals surface area contributed by atoms with E-state index in [4.69, 9.17) is 0 Å². The highest BCUT2D eigenvalue weighted by molar-refractivity contribution is 7.98. The Morgan fingerprint density at radius 2 is 2.06 bits per heavy atom. The summed E-state index contributed by atoms with van der Waals surface area (Å²) in [6.45, 7) is 7.03. The number of hydrogen-bond donors (Lipinski definition) is 2. The highest BCUT2D eigenvalue weighted by atomic mass is 32.2. The second-order valence-corrected chi connectivity index (χ2v) is 5.21. The molecule has 1 amide bonds.